The molecule has 2 heterocycles. The Morgan fingerprint density at radius 2 is 2.24 bits per heavy atom. The zero-order chi connectivity index (χ0) is 15.2. The topological polar surface area (TPSA) is 75.9 Å². The first kappa shape index (κ1) is 15.4. The largest absolute Gasteiger partial charge is 0.377 e. The summed E-state index contributed by atoms with van der Waals surface area (Å²) in [6.07, 6.45) is 3.15. The first-order valence-electron chi connectivity index (χ1n) is 6.48. The number of rotatable bonds is 6. The van der Waals surface area contributed by atoms with Crippen molar-refractivity contribution in [2.24, 2.45) is 0 Å². The van der Waals surface area contributed by atoms with Crippen LogP contribution >= 0.6 is 11.6 Å². The maximum atomic E-state index is 12.1. The molecule has 0 aliphatic rings. The molecule has 8 heteroatoms. The maximum Gasteiger partial charge on any atom is 0.287 e. The highest BCUT2D eigenvalue weighted by Gasteiger charge is 2.09. The number of nitrogens with zero attached hydrogens (tertiary/aromatic N) is 5. The summed E-state index contributed by atoms with van der Waals surface area (Å²) >= 11 is 6.09. The molecule has 0 bridgehead atoms. The lowest BCUT2D eigenvalue weighted by Crippen LogP contribution is -2.29. The summed E-state index contributed by atoms with van der Waals surface area (Å²) in [7, 11) is 3.87. The monoisotopic (exact) mass is 308 g/mol. The van der Waals surface area contributed by atoms with Crippen LogP contribution in [0.1, 0.15) is 5.69 Å². The fraction of sp³-hybridized carbons (Fsp3) is 0.385. The van der Waals surface area contributed by atoms with Gasteiger partial charge in [0.05, 0.1) is 30.7 Å². The van der Waals surface area contributed by atoms with Crippen molar-refractivity contribution in [1.29, 1.82) is 0 Å². The van der Waals surface area contributed by atoms with E-state index >= 15 is 0 Å². The molecule has 2 aromatic heterocycles. The summed E-state index contributed by atoms with van der Waals surface area (Å²) in [5.41, 5.74) is 0.946. The molecule has 0 amide bonds. The van der Waals surface area contributed by atoms with Gasteiger partial charge in [0.25, 0.3) is 5.56 Å². The Labute approximate surface area is 127 Å². The van der Waals surface area contributed by atoms with Crippen molar-refractivity contribution in [2.45, 2.75) is 13.1 Å². The summed E-state index contributed by atoms with van der Waals surface area (Å²) in [6, 6.07) is 3.63. The lowest BCUT2D eigenvalue weighted by Gasteiger charge is -2.12. The molecule has 0 radical (unpaired) electrons. The van der Waals surface area contributed by atoms with Gasteiger partial charge in [-0.1, -0.05) is 11.6 Å². The van der Waals surface area contributed by atoms with Gasteiger partial charge >= 0.3 is 0 Å². The van der Waals surface area contributed by atoms with E-state index in [1.807, 2.05) is 25.1 Å². The molecule has 0 aliphatic heterocycles. The second-order valence-corrected chi connectivity index (χ2v) is 5.15. The zero-order valence-corrected chi connectivity index (χ0v) is 12.7. The SMILES string of the molecule is CN(C)CCn1ncc(NCc2cccnn2)c(Cl)c1=O. The van der Waals surface area contributed by atoms with E-state index < -0.39 is 0 Å². The molecule has 2 aromatic rings. The molecule has 2 rings (SSSR count). The molecule has 0 spiro atoms. The summed E-state index contributed by atoms with van der Waals surface area (Å²) < 4.78 is 1.36. The van der Waals surface area contributed by atoms with Crippen LogP contribution in [0.4, 0.5) is 5.69 Å². The van der Waals surface area contributed by atoms with Crippen molar-refractivity contribution in [2.75, 3.05) is 26.0 Å². The molecule has 0 unspecified atom stereocenters. The van der Waals surface area contributed by atoms with Gasteiger partial charge < -0.3 is 10.2 Å². The van der Waals surface area contributed by atoms with Crippen LogP contribution in [0.25, 0.3) is 0 Å². The van der Waals surface area contributed by atoms with Crippen molar-refractivity contribution in [1.82, 2.24) is 24.9 Å². The Kier molecular flexibility index (Phi) is 5.24. The first-order valence-corrected chi connectivity index (χ1v) is 6.86. The average molecular weight is 309 g/mol. The smallest absolute Gasteiger partial charge is 0.287 e. The van der Waals surface area contributed by atoms with Crippen molar-refractivity contribution >= 4 is 17.3 Å². The van der Waals surface area contributed by atoms with Gasteiger partial charge in [-0.05, 0) is 26.2 Å². The number of aromatic nitrogens is 4. The van der Waals surface area contributed by atoms with E-state index in [4.69, 9.17) is 11.6 Å². The van der Waals surface area contributed by atoms with E-state index in [2.05, 4.69) is 20.6 Å². The Morgan fingerprint density at radius 1 is 1.43 bits per heavy atom. The Bertz CT molecular complexity index is 643. The van der Waals surface area contributed by atoms with E-state index in [9.17, 15) is 4.79 Å². The van der Waals surface area contributed by atoms with Gasteiger partial charge in [-0.15, -0.1) is 0 Å². The molecule has 0 fully saturated rings. The second kappa shape index (κ2) is 7.14. The molecule has 0 atom stereocenters. The van der Waals surface area contributed by atoms with Gasteiger partial charge in [0, 0.05) is 12.7 Å². The maximum absolute atomic E-state index is 12.1. The van der Waals surface area contributed by atoms with Crippen LogP contribution in [0.15, 0.2) is 29.3 Å². The minimum Gasteiger partial charge on any atom is -0.377 e. The molecule has 1 N–H and O–H groups in total. The van der Waals surface area contributed by atoms with Crippen LogP contribution in [0.2, 0.25) is 5.02 Å². The summed E-state index contributed by atoms with van der Waals surface area (Å²) in [4.78, 5) is 14.1. The summed E-state index contributed by atoms with van der Waals surface area (Å²) in [5.74, 6) is 0. The minimum absolute atomic E-state index is 0.132. The Balaban J connectivity index is 2.08. The minimum atomic E-state index is -0.303. The van der Waals surface area contributed by atoms with E-state index in [1.54, 1.807) is 18.5 Å². The van der Waals surface area contributed by atoms with Gasteiger partial charge in [-0.2, -0.15) is 15.3 Å². The molecule has 112 valence electrons. The van der Waals surface area contributed by atoms with Crippen LogP contribution in [0, 0.1) is 0 Å². The third kappa shape index (κ3) is 4.24. The number of halogens is 1. The molecule has 0 aromatic carbocycles. The predicted octanol–water partition coefficient (Wildman–Crippen LogP) is 0.860. The molecule has 21 heavy (non-hydrogen) atoms. The molecular weight excluding hydrogens is 292 g/mol. The van der Waals surface area contributed by atoms with Crippen LogP contribution in [0.3, 0.4) is 0 Å². The number of hydrogen-bond acceptors (Lipinski definition) is 6. The van der Waals surface area contributed by atoms with E-state index in [0.29, 0.717) is 18.8 Å². The van der Waals surface area contributed by atoms with Crippen molar-refractivity contribution in [3.05, 3.63) is 45.6 Å². The zero-order valence-electron chi connectivity index (χ0n) is 12.0. The molecule has 7 nitrogen and oxygen atoms in total. The number of nitrogens with one attached hydrogen (secondary N) is 1. The standard InChI is InChI=1S/C13H17ClN6O/c1-19(2)6-7-20-13(21)12(14)11(9-17-20)15-8-10-4-3-5-16-18-10/h3-5,9,15H,6-8H2,1-2H3. The molecular formula is C13H17ClN6O. The first-order chi connectivity index (χ1) is 10.1. The highest BCUT2D eigenvalue weighted by Crippen LogP contribution is 2.15. The second-order valence-electron chi connectivity index (χ2n) is 4.77. The molecule has 0 saturated heterocycles. The van der Waals surface area contributed by atoms with Gasteiger partial charge in [-0.3, -0.25) is 4.79 Å². The van der Waals surface area contributed by atoms with Gasteiger partial charge in [0.2, 0.25) is 0 Å². The van der Waals surface area contributed by atoms with E-state index in [0.717, 1.165) is 12.2 Å². The van der Waals surface area contributed by atoms with Crippen molar-refractivity contribution < 1.29 is 0 Å². The van der Waals surface area contributed by atoms with Gasteiger partial charge in [0.1, 0.15) is 5.02 Å². The lowest BCUT2D eigenvalue weighted by molar-refractivity contribution is 0.367. The van der Waals surface area contributed by atoms with Crippen LogP contribution in [-0.4, -0.2) is 45.5 Å². The molecule has 0 saturated carbocycles. The molecule has 0 aliphatic carbocycles. The number of anilines is 1. The van der Waals surface area contributed by atoms with Crippen LogP contribution in [-0.2, 0) is 13.1 Å². The summed E-state index contributed by atoms with van der Waals surface area (Å²) in [6.45, 7) is 1.64. The van der Waals surface area contributed by atoms with E-state index in [1.165, 1.54) is 4.68 Å². The number of likely N-dealkylation sites (N-methyl/N-ethyl adjacent to an activating group) is 1. The summed E-state index contributed by atoms with van der Waals surface area (Å²) in [5, 5.41) is 15.0. The Hall–Kier alpha value is -1.99. The highest BCUT2D eigenvalue weighted by molar-refractivity contribution is 6.32. The fourth-order valence-electron chi connectivity index (χ4n) is 1.66. The third-order valence-corrected chi connectivity index (χ3v) is 3.20. The number of hydrogen-bond donors (Lipinski definition) is 1. The van der Waals surface area contributed by atoms with Gasteiger partial charge in [-0.25, -0.2) is 4.68 Å². The lowest BCUT2D eigenvalue weighted by atomic mass is 10.3. The van der Waals surface area contributed by atoms with Crippen LogP contribution < -0.4 is 10.9 Å². The highest BCUT2D eigenvalue weighted by atomic mass is 35.5. The average Bonchev–Trinajstić information content (AvgIpc) is 2.48. The van der Waals surface area contributed by atoms with Crippen LogP contribution in [0.5, 0.6) is 0 Å². The van der Waals surface area contributed by atoms with Crippen molar-refractivity contribution in [3.63, 3.8) is 0 Å². The quantitative estimate of drug-likeness (QED) is 0.853. The van der Waals surface area contributed by atoms with Gasteiger partial charge in [0.15, 0.2) is 0 Å². The fourth-order valence-corrected chi connectivity index (χ4v) is 1.87. The third-order valence-electron chi connectivity index (χ3n) is 2.83. The predicted molar refractivity (Wildman–Crippen MR) is 81.4 cm³/mol. The van der Waals surface area contributed by atoms with Crippen molar-refractivity contribution in [3.8, 4) is 0 Å². The Morgan fingerprint density at radius 3 is 2.90 bits per heavy atom. The normalized spacial score (nSPS) is 10.9. The van der Waals surface area contributed by atoms with E-state index in [-0.39, 0.29) is 10.6 Å².